The molecule has 0 aliphatic heterocycles. The number of nitrogens with zero attached hydrogens (tertiary/aromatic N) is 7. The number of nitriles is 1. The molecule has 0 unspecified atom stereocenters. The van der Waals surface area contributed by atoms with E-state index in [4.69, 9.17) is 11.6 Å². The maximum Gasteiger partial charge on any atom is 0.243 e. The number of anilines is 3. The molecule has 0 saturated carbocycles. The van der Waals surface area contributed by atoms with E-state index in [0.29, 0.717) is 46.6 Å². The van der Waals surface area contributed by atoms with Gasteiger partial charge in [-0.3, -0.25) is 9.78 Å². The van der Waals surface area contributed by atoms with Crippen LogP contribution in [-0.4, -0.2) is 51.4 Å². The van der Waals surface area contributed by atoms with Crippen molar-refractivity contribution in [2.45, 2.75) is 20.0 Å². The van der Waals surface area contributed by atoms with E-state index < -0.39 is 5.82 Å². The Morgan fingerprint density at radius 1 is 1.30 bits per heavy atom. The molecule has 1 N–H and O–H groups in total. The van der Waals surface area contributed by atoms with Crippen LogP contribution in [0.5, 0.6) is 0 Å². The van der Waals surface area contributed by atoms with Crippen LogP contribution in [-0.2, 0) is 17.9 Å². The second-order valence-corrected chi connectivity index (χ2v) is 9.71. The van der Waals surface area contributed by atoms with Crippen molar-refractivity contribution in [3.05, 3.63) is 69.3 Å². The quantitative estimate of drug-likeness (QED) is 0.306. The van der Waals surface area contributed by atoms with Crippen molar-refractivity contribution in [1.82, 2.24) is 24.9 Å². The number of likely N-dealkylation sites (N-methyl/N-ethyl adjacent to an activating group) is 1. The van der Waals surface area contributed by atoms with Gasteiger partial charge in [-0.15, -0.1) is 5.10 Å². The van der Waals surface area contributed by atoms with Gasteiger partial charge in [0, 0.05) is 48.1 Å². The largest absolute Gasteiger partial charge is 0.366 e. The van der Waals surface area contributed by atoms with Gasteiger partial charge in [0.05, 0.1) is 34.5 Å². The molecule has 0 radical (unpaired) electrons. The third kappa shape index (κ3) is 5.81. The number of nitrogens with one attached hydrogen (secondary N) is 1. The highest BCUT2D eigenvalue weighted by Crippen LogP contribution is 2.37. The van der Waals surface area contributed by atoms with Crippen molar-refractivity contribution in [3.8, 4) is 6.07 Å². The summed E-state index contributed by atoms with van der Waals surface area (Å²) in [5.41, 5.74) is 3.61. The number of hydrogen-bond donors (Lipinski definition) is 1. The highest BCUT2D eigenvalue weighted by Gasteiger charge is 2.17. The summed E-state index contributed by atoms with van der Waals surface area (Å²) in [6.07, 6.45) is 3.24. The van der Waals surface area contributed by atoms with Crippen molar-refractivity contribution < 1.29 is 9.18 Å². The van der Waals surface area contributed by atoms with Crippen molar-refractivity contribution >= 4 is 61.4 Å². The average Bonchev–Trinajstić information content (AvgIpc) is 3.31. The minimum absolute atomic E-state index is 0.0266. The maximum atomic E-state index is 13.7. The second-order valence-electron chi connectivity index (χ2n) is 8.45. The first kappa shape index (κ1) is 26.3. The fourth-order valence-electron chi connectivity index (χ4n) is 3.71. The van der Waals surface area contributed by atoms with Gasteiger partial charge < -0.3 is 15.1 Å². The van der Waals surface area contributed by atoms with Gasteiger partial charge >= 0.3 is 0 Å². The topological polar surface area (TPSA) is 103 Å². The number of carbonyl (C=O) groups is 1. The fraction of sp³-hybridized carbons (Fsp3) is 0.240. The molecule has 0 aliphatic carbocycles. The van der Waals surface area contributed by atoms with Crippen LogP contribution >= 0.6 is 27.5 Å². The van der Waals surface area contributed by atoms with E-state index in [2.05, 4.69) is 47.5 Å². The number of pyridine rings is 1. The number of fused-ring (bicyclic) bond motifs is 1. The third-order valence-corrected chi connectivity index (χ3v) is 6.60. The van der Waals surface area contributed by atoms with Gasteiger partial charge in [0.2, 0.25) is 5.91 Å². The Kier molecular flexibility index (Phi) is 7.90. The SMILES string of the molecule is CCN(Cc1cn(CC(=O)N(C)C)nn1)c1cc(Br)c2ncc(C#N)c(Nc3ccc(F)c(Cl)c3)c2c1. The molecule has 0 fully saturated rings. The van der Waals surface area contributed by atoms with Crippen LogP contribution in [0.3, 0.4) is 0 Å². The van der Waals surface area contributed by atoms with Crippen LogP contribution in [0.4, 0.5) is 21.5 Å². The van der Waals surface area contributed by atoms with E-state index in [1.54, 1.807) is 26.4 Å². The Hall–Kier alpha value is -3.75. The van der Waals surface area contributed by atoms with E-state index in [0.717, 1.165) is 10.2 Å². The Labute approximate surface area is 226 Å². The summed E-state index contributed by atoms with van der Waals surface area (Å²) in [4.78, 5) is 20.0. The number of aromatic nitrogens is 4. The number of halogens is 3. The molecule has 12 heteroatoms. The smallest absolute Gasteiger partial charge is 0.243 e. The molecule has 0 atom stereocenters. The molecular formula is C25H23BrClFN8O. The second kappa shape index (κ2) is 11.1. The lowest BCUT2D eigenvalue weighted by Gasteiger charge is -2.23. The lowest BCUT2D eigenvalue weighted by Crippen LogP contribution is -2.26. The molecule has 1 amide bonds. The highest BCUT2D eigenvalue weighted by atomic mass is 79.9. The van der Waals surface area contributed by atoms with E-state index in [1.807, 2.05) is 19.1 Å². The average molecular weight is 586 g/mol. The molecule has 190 valence electrons. The van der Waals surface area contributed by atoms with E-state index >= 15 is 0 Å². The Morgan fingerprint density at radius 3 is 2.76 bits per heavy atom. The summed E-state index contributed by atoms with van der Waals surface area (Å²) < 4.78 is 15.9. The summed E-state index contributed by atoms with van der Waals surface area (Å²) in [5.74, 6) is -0.607. The first-order chi connectivity index (χ1) is 17.7. The minimum Gasteiger partial charge on any atom is -0.366 e. The molecule has 9 nitrogen and oxygen atoms in total. The summed E-state index contributed by atoms with van der Waals surface area (Å²) in [5, 5.41) is 21.9. The van der Waals surface area contributed by atoms with Gasteiger partial charge in [0.15, 0.2) is 0 Å². The normalized spacial score (nSPS) is 10.8. The molecule has 2 heterocycles. The number of carbonyl (C=O) groups excluding carboxylic acids is 1. The molecular weight excluding hydrogens is 563 g/mol. The Bertz CT molecular complexity index is 1520. The Morgan fingerprint density at radius 2 is 2.08 bits per heavy atom. The predicted molar refractivity (Wildman–Crippen MR) is 144 cm³/mol. The molecule has 0 aliphatic rings. The van der Waals surface area contributed by atoms with E-state index in [-0.39, 0.29) is 17.5 Å². The minimum atomic E-state index is -0.529. The van der Waals surface area contributed by atoms with Crippen LogP contribution < -0.4 is 10.2 Å². The molecule has 0 spiro atoms. The van der Waals surface area contributed by atoms with Crippen molar-refractivity contribution in [3.63, 3.8) is 0 Å². The molecule has 4 rings (SSSR count). The number of rotatable bonds is 8. The van der Waals surface area contributed by atoms with Crippen LogP contribution in [0.15, 0.2) is 47.2 Å². The fourth-order valence-corrected chi connectivity index (χ4v) is 4.45. The van der Waals surface area contributed by atoms with Gasteiger partial charge in [-0.2, -0.15) is 5.26 Å². The number of hydrogen-bond acceptors (Lipinski definition) is 7. The van der Waals surface area contributed by atoms with E-state index in [1.165, 1.54) is 27.9 Å². The van der Waals surface area contributed by atoms with Crippen LogP contribution in [0.2, 0.25) is 5.02 Å². The lowest BCUT2D eigenvalue weighted by molar-refractivity contribution is -0.129. The zero-order valence-electron chi connectivity index (χ0n) is 20.3. The van der Waals surface area contributed by atoms with Crippen LogP contribution in [0, 0.1) is 17.1 Å². The molecule has 2 aromatic heterocycles. The highest BCUT2D eigenvalue weighted by molar-refractivity contribution is 9.10. The van der Waals surface area contributed by atoms with Gasteiger partial charge in [-0.05, 0) is 53.2 Å². The first-order valence-electron chi connectivity index (χ1n) is 11.3. The zero-order valence-corrected chi connectivity index (χ0v) is 22.7. The lowest BCUT2D eigenvalue weighted by atomic mass is 10.1. The number of amides is 1. The van der Waals surface area contributed by atoms with E-state index in [9.17, 15) is 14.4 Å². The number of benzene rings is 2. The zero-order chi connectivity index (χ0) is 26.7. The monoisotopic (exact) mass is 584 g/mol. The Balaban J connectivity index is 1.70. The maximum absolute atomic E-state index is 13.7. The molecule has 4 aromatic rings. The van der Waals surface area contributed by atoms with Crippen molar-refractivity contribution in [2.75, 3.05) is 30.9 Å². The van der Waals surface area contributed by atoms with Crippen molar-refractivity contribution in [1.29, 1.82) is 5.26 Å². The van der Waals surface area contributed by atoms with Gasteiger partial charge in [-0.1, -0.05) is 16.8 Å². The predicted octanol–water partition coefficient (Wildman–Crippen LogP) is 5.11. The molecule has 37 heavy (non-hydrogen) atoms. The van der Waals surface area contributed by atoms with Gasteiger partial charge in [0.25, 0.3) is 0 Å². The van der Waals surface area contributed by atoms with Crippen LogP contribution in [0.1, 0.15) is 18.2 Å². The van der Waals surface area contributed by atoms with Crippen molar-refractivity contribution in [2.24, 2.45) is 0 Å². The molecule has 0 saturated heterocycles. The first-order valence-corrected chi connectivity index (χ1v) is 12.5. The standard InChI is InChI=1S/C25H23BrClFN8O/c1-4-35(12-17-13-36(33-32-17)14-23(37)34(2)3)18-8-19-24(31-16-5-6-22(28)21(27)7-16)15(10-29)11-30-25(19)20(26)9-18/h5-9,11,13H,4,12,14H2,1-3H3,(H,30,31). The molecule has 2 aromatic carbocycles. The summed E-state index contributed by atoms with van der Waals surface area (Å²) in [6, 6.07) is 10.3. The van der Waals surface area contributed by atoms with Crippen LogP contribution in [0.25, 0.3) is 10.9 Å². The van der Waals surface area contributed by atoms with Gasteiger partial charge in [0.1, 0.15) is 24.1 Å². The molecule has 0 bridgehead atoms. The summed E-state index contributed by atoms with van der Waals surface area (Å²) in [7, 11) is 3.38. The van der Waals surface area contributed by atoms with Gasteiger partial charge in [-0.25, -0.2) is 9.07 Å². The third-order valence-electron chi connectivity index (χ3n) is 5.70. The summed E-state index contributed by atoms with van der Waals surface area (Å²) in [6.45, 7) is 3.23. The summed E-state index contributed by atoms with van der Waals surface area (Å²) >= 11 is 9.58.